The Balaban J connectivity index is 1.68. The van der Waals surface area contributed by atoms with Gasteiger partial charge in [0.1, 0.15) is 11.9 Å². The Morgan fingerprint density at radius 3 is 2.21 bits per heavy atom. The summed E-state index contributed by atoms with van der Waals surface area (Å²) >= 11 is 0. The Bertz CT molecular complexity index is 1080. The van der Waals surface area contributed by atoms with E-state index in [0.717, 1.165) is 24.0 Å². The molecule has 34 heavy (non-hydrogen) atoms. The monoisotopic (exact) mass is 489 g/mol. The summed E-state index contributed by atoms with van der Waals surface area (Å²) in [6, 6.07) is 11.8. The molecule has 1 N–H and O–H groups in total. The van der Waals surface area contributed by atoms with Gasteiger partial charge in [0, 0.05) is 32.6 Å². The van der Waals surface area contributed by atoms with Crippen molar-refractivity contribution in [2.45, 2.75) is 57.0 Å². The van der Waals surface area contributed by atoms with Gasteiger partial charge in [0.25, 0.3) is 0 Å². The highest BCUT2D eigenvalue weighted by molar-refractivity contribution is 7.89. The molecule has 184 valence electrons. The lowest BCUT2D eigenvalue weighted by Gasteiger charge is -2.29. The van der Waals surface area contributed by atoms with Crippen molar-refractivity contribution in [3.8, 4) is 0 Å². The molecule has 1 aliphatic rings. The molecule has 0 unspecified atom stereocenters. The van der Waals surface area contributed by atoms with Crippen molar-refractivity contribution in [2.24, 2.45) is 0 Å². The Kier molecular flexibility index (Phi) is 8.79. The molecule has 2 aromatic carbocycles. The van der Waals surface area contributed by atoms with Crippen LogP contribution in [0.5, 0.6) is 0 Å². The molecule has 3 rings (SSSR count). The van der Waals surface area contributed by atoms with Crippen molar-refractivity contribution in [2.75, 3.05) is 19.6 Å². The summed E-state index contributed by atoms with van der Waals surface area (Å²) in [5, 5.41) is 2.74. The number of hydrogen-bond donors (Lipinski definition) is 1. The maximum absolute atomic E-state index is 13.3. The number of carbonyl (C=O) groups is 2. The number of nitrogens with zero attached hydrogens (tertiary/aromatic N) is 2. The van der Waals surface area contributed by atoms with Crippen LogP contribution in [0.25, 0.3) is 0 Å². The summed E-state index contributed by atoms with van der Waals surface area (Å²) in [6.07, 6.45) is 2.32. The van der Waals surface area contributed by atoms with Crippen LogP contribution in [0.4, 0.5) is 4.39 Å². The first-order chi connectivity index (χ1) is 16.2. The predicted octanol–water partition coefficient (Wildman–Crippen LogP) is 3.10. The van der Waals surface area contributed by atoms with Crippen LogP contribution < -0.4 is 5.32 Å². The quantitative estimate of drug-likeness (QED) is 0.556. The Labute approximate surface area is 201 Å². The number of rotatable bonds is 10. The van der Waals surface area contributed by atoms with Gasteiger partial charge in [0.15, 0.2) is 0 Å². The van der Waals surface area contributed by atoms with E-state index < -0.39 is 16.1 Å². The second-order valence-electron chi connectivity index (χ2n) is 8.47. The van der Waals surface area contributed by atoms with Crippen molar-refractivity contribution < 1.29 is 22.4 Å². The fourth-order valence-corrected chi connectivity index (χ4v) is 5.51. The molecular formula is C25H32FN3O4S. The second kappa shape index (κ2) is 11.6. The van der Waals surface area contributed by atoms with Crippen molar-refractivity contribution >= 4 is 21.8 Å². The molecule has 1 fully saturated rings. The first-order valence-corrected chi connectivity index (χ1v) is 13.1. The van der Waals surface area contributed by atoms with E-state index in [1.165, 1.54) is 21.3 Å². The number of benzene rings is 2. The minimum absolute atomic E-state index is 0.156. The highest BCUT2D eigenvalue weighted by Crippen LogP contribution is 2.21. The maximum atomic E-state index is 13.3. The lowest BCUT2D eigenvalue weighted by Crippen LogP contribution is -2.47. The number of aryl methyl sites for hydroxylation is 1. The van der Waals surface area contributed by atoms with E-state index >= 15 is 0 Å². The minimum atomic E-state index is -3.48. The average molecular weight is 490 g/mol. The molecule has 7 nitrogen and oxygen atoms in total. The second-order valence-corrected chi connectivity index (χ2v) is 10.4. The van der Waals surface area contributed by atoms with Gasteiger partial charge >= 0.3 is 0 Å². The van der Waals surface area contributed by atoms with Gasteiger partial charge in [-0.2, -0.15) is 4.31 Å². The van der Waals surface area contributed by atoms with Crippen LogP contribution in [0.3, 0.4) is 0 Å². The smallest absolute Gasteiger partial charge is 0.243 e. The third kappa shape index (κ3) is 6.42. The molecule has 0 spiro atoms. The Morgan fingerprint density at radius 1 is 1.03 bits per heavy atom. The topological polar surface area (TPSA) is 86.8 Å². The largest absolute Gasteiger partial charge is 0.355 e. The van der Waals surface area contributed by atoms with Gasteiger partial charge in [-0.3, -0.25) is 9.59 Å². The molecule has 1 saturated heterocycles. The average Bonchev–Trinajstić information content (AvgIpc) is 3.38. The lowest BCUT2D eigenvalue weighted by atomic mass is 10.1. The van der Waals surface area contributed by atoms with Gasteiger partial charge in [-0.1, -0.05) is 24.3 Å². The van der Waals surface area contributed by atoms with Gasteiger partial charge in [-0.15, -0.1) is 0 Å². The van der Waals surface area contributed by atoms with Crippen molar-refractivity contribution in [3.63, 3.8) is 0 Å². The van der Waals surface area contributed by atoms with Crippen LogP contribution in [0.15, 0.2) is 53.4 Å². The highest BCUT2D eigenvalue weighted by Gasteiger charge is 2.28. The number of likely N-dealkylation sites (N-methyl/N-ethyl adjacent to an activating group) is 1. The van der Waals surface area contributed by atoms with E-state index in [1.54, 1.807) is 43.3 Å². The van der Waals surface area contributed by atoms with E-state index in [-0.39, 0.29) is 35.5 Å². The van der Waals surface area contributed by atoms with Gasteiger partial charge in [0.2, 0.25) is 21.8 Å². The predicted molar refractivity (Wildman–Crippen MR) is 128 cm³/mol. The summed E-state index contributed by atoms with van der Waals surface area (Å²) in [5.41, 5.74) is 1.56. The first-order valence-electron chi connectivity index (χ1n) is 11.6. The standard InChI is InChI=1S/C25H32FN3O4S/c1-3-27-25(31)19(2)29(18-21-6-11-22(26)12-7-21)24(30)15-10-20-8-13-23(14-9-20)34(32,33)28-16-4-5-17-28/h6-9,11-14,19H,3-5,10,15-18H2,1-2H3,(H,27,31)/t19-/m0/s1. The van der Waals surface area contributed by atoms with Crippen molar-refractivity contribution in [1.29, 1.82) is 0 Å². The Morgan fingerprint density at radius 2 is 1.62 bits per heavy atom. The van der Waals surface area contributed by atoms with E-state index in [1.807, 2.05) is 6.92 Å². The summed E-state index contributed by atoms with van der Waals surface area (Å²) < 4.78 is 40.2. The fourth-order valence-electron chi connectivity index (χ4n) is 3.99. The summed E-state index contributed by atoms with van der Waals surface area (Å²) in [5.74, 6) is -0.833. The molecule has 0 radical (unpaired) electrons. The molecule has 1 heterocycles. The normalized spacial score (nSPS) is 15.1. The number of hydrogen-bond acceptors (Lipinski definition) is 4. The summed E-state index contributed by atoms with van der Waals surface area (Å²) in [4.78, 5) is 27.3. The first kappa shape index (κ1) is 25.8. The van der Waals surface area contributed by atoms with Crippen molar-refractivity contribution in [1.82, 2.24) is 14.5 Å². The number of carbonyl (C=O) groups excluding carboxylic acids is 2. The number of nitrogens with one attached hydrogen (secondary N) is 1. The zero-order valence-electron chi connectivity index (χ0n) is 19.7. The van der Waals surface area contributed by atoms with Gasteiger partial charge in [-0.05, 0) is 68.5 Å². The molecule has 1 atom stereocenters. The van der Waals surface area contributed by atoms with Crippen LogP contribution in [0, 0.1) is 5.82 Å². The van der Waals surface area contributed by atoms with E-state index in [4.69, 9.17) is 0 Å². The van der Waals surface area contributed by atoms with Gasteiger partial charge in [0.05, 0.1) is 4.90 Å². The molecule has 0 bridgehead atoms. The van der Waals surface area contributed by atoms with E-state index in [0.29, 0.717) is 26.1 Å². The van der Waals surface area contributed by atoms with Crippen LogP contribution in [-0.4, -0.2) is 55.1 Å². The zero-order chi connectivity index (χ0) is 24.7. The molecular weight excluding hydrogens is 457 g/mol. The molecule has 9 heteroatoms. The summed E-state index contributed by atoms with van der Waals surface area (Å²) in [7, 11) is -3.48. The summed E-state index contributed by atoms with van der Waals surface area (Å²) in [6.45, 7) is 5.21. The van der Waals surface area contributed by atoms with Crippen LogP contribution >= 0.6 is 0 Å². The Hall–Kier alpha value is -2.78. The number of halogens is 1. The minimum Gasteiger partial charge on any atom is -0.355 e. The third-order valence-corrected chi connectivity index (χ3v) is 7.95. The van der Waals surface area contributed by atoms with Gasteiger partial charge in [-0.25, -0.2) is 12.8 Å². The number of sulfonamides is 1. The van der Waals surface area contributed by atoms with E-state index in [9.17, 15) is 22.4 Å². The van der Waals surface area contributed by atoms with Crippen LogP contribution in [0.2, 0.25) is 0 Å². The zero-order valence-corrected chi connectivity index (χ0v) is 20.5. The molecule has 2 aromatic rings. The highest BCUT2D eigenvalue weighted by atomic mass is 32.2. The number of amides is 2. The van der Waals surface area contributed by atoms with Crippen molar-refractivity contribution in [3.05, 3.63) is 65.5 Å². The van der Waals surface area contributed by atoms with Crippen LogP contribution in [0.1, 0.15) is 44.2 Å². The molecule has 0 aliphatic carbocycles. The van der Waals surface area contributed by atoms with E-state index in [2.05, 4.69) is 5.32 Å². The molecule has 0 saturated carbocycles. The third-order valence-electron chi connectivity index (χ3n) is 6.04. The lowest BCUT2D eigenvalue weighted by molar-refractivity contribution is -0.140. The van der Waals surface area contributed by atoms with Gasteiger partial charge < -0.3 is 10.2 Å². The fraction of sp³-hybridized carbons (Fsp3) is 0.440. The maximum Gasteiger partial charge on any atom is 0.243 e. The SMILES string of the molecule is CCNC(=O)[C@H](C)N(Cc1ccc(F)cc1)C(=O)CCc1ccc(S(=O)(=O)N2CCCC2)cc1. The molecule has 0 aromatic heterocycles. The van der Waals surface area contributed by atoms with Crippen LogP contribution in [-0.2, 0) is 32.6 Å². The molecule has 2 amide bonds. The molecule has 1 aliphatic heterocycles.